The number of nitrogens with one attached hydrogen (secondary N) is 1. The van der Waals surface area contributed by atoms with Gasteiger partial charge < -0.3 is 20.3 Å². The Balaban J connectivity index is 1.98. The van der Waals surface area contributed by atoms with Crippen LogP contribution >= 0.6 is 0 Å². The zero-order chi connectivity index (χ0) is 14.6. The van der Waals surface area contributed by atoms with E-state index < -0.39 is 17.6 Å². The summed E-state index contributed by atoms with van der Waals surface area (Å²) in [5.41, 5.74) is 0.0602. The molecule has 0 bridgehead atoms. The van der Waals surface area contributed by atoms with E-state index in [0.29, 0.717) is 31.6 Å². The summed E-state index contributed by atoms with van der Waals surface area (Å²) in [4.78, 5) is 15.9. The third-order valence-corrected chi connectivity index (χ3v) is 3.73. The molecule has 1 fully saturated rings. The van der Waals surface area contributed by atoms with Crippen LogP contribution in [0.15, 0.2) is 24.5 Å². The second-order valence-corrected chi connectivity index (χ2v) is 5.40. The van der Waals surface area contributed by atoms with Crippen molar-refractivity contribution >= 4 is 5.91 Å². The molecule has 0 radical (unpaired) electrons. The van der Waals surface area contributed by atoms with Gasteiger partial charge in [-0.1, -0.05) is 0 Å². The monoisotopic (exact) mass is 280 g/mol. The Morgan fingerprint density at radius 2 is 2.20 bits per heavy atom. The van der Waals surface area contributed by atoms with Gasteiger partial charge in [0, 0.05) is 31.5 Å². The highest BCUT2D eigenvalue weighted by Gasteiger charge is 2.44. The number of aliphatic hydroxyl groups excluding tert-OH is 2. The van der Waals surface area contributed by atoms with Gasteiger partial charge in [0.15, 0.2) is 0 Å². The van der Waals surface area contributed by atoms with Crippen LogP contribution in [0.4, 0.5) is 0 Å². The third kappa shape index (κ3) is 3.33. The molecule has 1 saturated carbocycles. The van der Waals surface area contributed by atoms with Crippen LogP contribution in [-0.2, 0) is 4.74 Å². The number of hydrogen-bond acceptors (Lipinski definition) is 5. The minimum atomic E-state index is -0.763. The van der Waals surface area contributed by atoms with Gasteiger partial charge in [0.2, 0.25) is 0 Å². The minimum absolute atomic E-state index is 0.218. The molecule has 1 aromatic rings. The molecular weight excluding hydrogens is 260 g/mol. The van der Waals surface area contributed by atoms with Gasteiger partial charge in [-0.15, -0.1) is 0 Å². The van der Waals surface area contributed by atoms with Crippen molar-refractivity contribution in [1.29, 1.82) is 0 Å². The standard InChI is InChI=1S/C14H20N2O4/c1-20-9-14(5-11(17)12(18)6-14)8-16-13(19)10-3-2-4-15-7-10/h2-4,7,11-12,17-18H,5-6,8-9H2,1H3,(H,16,19)/t11-,12+,14?. The number of carbonyl (C=O) groups excluding carboxylic acids is 1. The molecule has 6 heteroatoms. The molecule has 1 aliphatic rings. The highest BCUT2D eigenvalue weighted by atomic mass is 16.5. The lowest BCUT2D eigenvalue weighted by Crippen LogP contribution is -2.39. The number of hydrogen-bond donors (Lipinski definition) is 3. The quantitative estimate of drug-likeness (QED) is 0.704. The first-order chi connectivity index (χ1) is 9.56. The van der Waals surface area contributed by atoms with Crippen molar-refractivity contribution in [3.8, 4) is 0 Å². The topological polar surface area (TPSA) is 91.7 Å². The maximum atomic E-state index is 12.0. The summed E-state index contributed by atoms with van der Waals surface area (Å²) in [5.74, 6) is -0.218. The highest BCUT2D eigenvalue weighted by molar-refractivity contribution is 5.93. The second-order valence-electron chi connectivity index (χ2n) is 5.40. The Kier molecular flexibility index (Phi) is 4.69. The van der Waals surface area contributed by atoms with Crippen molar-refractivity contribution in [2.75, 3.05) is 20.3 Å². The number of nitrogens with zero attached hydrogens (tertiary/aromatic N) is 1. The molecule has 1 aliphatic carbocycles. The van der Waals surface area contributed by atoms with Crippen molar-refractivity contribution in [2.45, 2.75) is 25.0 Å². The average molecular weight is 280 g/mol. The molecule has 1 heterocycles. The van der Waals surface area contributed by atoms with Crippen molar-refractivity contribution < 1.29 is 19.7 Å². The number of aliphatic hydroxyl groups is 2. The van der Waals surface area contributed by atoms with Crippen LogP contribution in [0.5, 0.6) is 0 Å². The number of aromatic nitrogens is 1. The van der Waals surface area contributed by atoms with Crippen LogP contribution in [0.3, 0.4) is 0 Å². The summed E-state index contributed by atoms with van der Waals surface area (Å²) < 4.78 is 5.18. The van der Waals surface area contributed by atoms with Gasteiger partial charge in [0.25, 0.3) is 5.91 Å². The Morgan fingerprint density at radius 3 is 2.75 bits per heavy atom. The second kappa shape index (κ2) is 6.30. The summed E-state index contributed by atoms with van der Waals surface area (Å²) >= 11 is 0. The fourth-order valence-corrected chi connectivity index (χ4v) is 2.73. The Hall–Kier alpha value is -1.50. The lowest BCUT2D eigenvalue weighted by Gasteiger charge is -2.28. The molecule has 3 atom stereocenters. The molecule has 1 unspecified atom stereocenters. The molecule has 1 amide bonds. The Labute approximate surface area is 117 Å². The summed E-state index contributed by atoms with van der Waals surface area (Å²) in [6.45, 7) is 0.733. The van der Waals surface area contributed by atoms with E-state index in [1.807, 2.05) is 0 Å². The molecule has 20 heavy (non-hydrogen) atoms. The lowest BCUT2D eigenvalue weighted by molar-refractivity contribution is 0.0438. The minimum Gasteiger partial charge on any atom is -0.390 e. The van der Waals surface area contributed by atoms with Crippen LogP contribution in [0.25, 0.3) is 0 Å². The molecule has 1 aromatic heterocycles. The molecular formula is C14H20N2O4. The van der Waals surface area contributed by atoms with E-state index in [2.05, 4.69) is 10.3 Å². The van der Waals surface area contributed by atoms with Crippen molar-refractivity contribution in [3.05, 3.63) is 30.1 Å². The summed E-state index contributed by atoms with van der Waals surface area (Å²) in [5, 5.41) is 22.3. The lowest BCUT2D eigenvalue weighted by atomic mass is 9.86. The fraction of sp³-hybridized carbons (Fsp3) is 0.571. The van der Waals surface area contributed by atoms with Gasteiger partial charge in [-0.2, -0.15) is 0 Å². The number of methoxy groups -OCH3 is 1. The van der Waals surface area contributed by atoms with Crippen LogP contribution in [0.2, 0.25) is 0 Å². The van der Waals surface area contributed by atoms with Crippen LogP contribution < -0.4 is 5.32 Å². The van der Waals surface area contributed by atoms with Crippen molar-refractivity contribution in [3.63, 3.8) is 0 Å². The third-order valence-electron chi connectivity index (χ3n) is 3.73. The maximum Gasteiger partial charge on any atom is 0.252 e. The molecule has 0 aliphatic heterocycles. The van der Waals surface area contributed by atoms with Gasteiger partial charge in [0.05, 0.1) is 24.4 Å². The number of rotatable bonds is 5. The highest BCUT2D eigenvalue weighted by Crippen LogP contribution is 2.38. The van der Waals surface area contributed by atoms with Gasteiger partial charge >= 0.3 is 0 Å². The smallest absolute Gasteiger partial charge is 0.252 e. The van der Waals surface area contributed by atoms with Crippen LogP contribution in [0, 0.1) is 5.41 Å². The first-order valence-electron chi connectivity index (χ1n) is 6.60. The number of pyridine rings is 1. The van der Waals surface area contributed by atoms with E-state index in [9.17, 15) is 15.0 Å². The summed E-state index contributed by atoms with van der Waals surface area (Å²) in [7, 11) is 1.57. The molecule has 2 rings (SSSR count). The first-order valence-corrected chi connectivity index (χ1v) is 6.60. The molecule has 6 nitrogen and oxygen atoms in total. The Morgan fingerprint density at radius 1 is 1.50 bits per heavy atom. The zero-order valence-corrected chi connectivity index (χ0v) is 11.5. The van der Waals surface area contributed by atoms with E-state index in [4.69, 9.17) is 4.74 Å². The Bertz CT molecular complexity index is 442. The van der Waals surface area contributed by atoms with Gasteiger partial charge in [-0.25, -0.2) is 0 Å². The zero-order valence-electron chi connectivity index (χ0n) is 11.5. The normalized spacial score (nSPS) is 29.4. The van der Waals surface area contributed by atoms with Gasteiger partial charge in [0.1, 0.15) is 0 Å². The summed E-state index contributed by atoms with van der Waals surface area (Å²) in [6, 6.07) is 3.38. The number of carbonyl (C=O) groups is 1. The maximum absolute atomic E-state index is 12.0. The van der Waals surface area contributed by atoms with Gasteiger partial charge in [-0.3, -0.25) is 9.78 Å². The number of amides is 1. The molecule has 0 aromatic carbocycles. The predicted molar refractivity (Wildman–Crippen MR) is 72.1 cm³/mol. The predicted octanol–water partition coefficient (Wildman–Crippen LogP) is -0.0402. The van der Waals surface area contributed by atoms with Crippen LogP contribution in [0.1, 0.15) is 23.2 Å². The average Bonchev–Trinajstić information content (AvgIpc) is 2.73. The van der Waals surface area contributed by atoms with Crippen LogP contribution in [-0.4, -0.2) is 53.6 Å². The largest absolute Gasteiger partial charge is 0.390 e. The molecule has 3 N–H and O–H groups in total. The van der Waals surface area contributed by atoms with E-state index in [-0.39, 0.29) is 5.91 Å². The van der Waals surface area contributed by atoms with E-state index in [0.717, 1.165) is 0 Å². The van der Waals surface area contributed by atoms with Crippen molar-refractivity contribution in [2.24, 2.45) is 5.41 Å². The van der Waals surface area contributed by atoms with E-state index >= 15 is 0 Å². The van der Waals surface area contributed by atoms with Crippen molar-refractivity contribution in [1.82, 2.24) is 10.3 Å². The summed E-state index contributed by atoms with van der Waals surface area (Å²) in [6.07, 6.45) is 2.40. The van der Waals surface area contributed by atoms with E-state index in [1.165, 1.54) is 6.20 Å². The van der Waals surface area contributed by atoms with Gasteiger partial charge in [-0.05, 0) is 25.0 Å². The number of ether oxygens (including phenoxy) is 1. The molecule has 0 saturated heterocycles. The first kappa shape index (κ1) is 14.9. The fourth-order valence-electron chi connectivity index (χ4n) is 2.73. The SMILES string of the molecule is COCC1(CNC(=O)c2cccnc2)C[C@@H](O)[C@@H](O)C1. The van der Waals surface area contributed by atoms with E-state index in [1.54, 1.807) is 25.4 Å². The molecule has 0 spiro atoms. The molecule has 110 valence electrons.